The Morgan fingerprint density at radius 1 is 1.38 bits per heavy atom. The summed E-state index contributed by atoms with van der Waals surface area (Å²) in [5.41, 5.74) is 1.15. The number of ketones is 1. The Hall–Kier alpha value is -0.180. The first-order chi connectivity index (χ1) is 7.56. The number of Topliss-reactive ketones (excluding diaryl/α,β-unsaturated/α-hetero) is 1. The lowest BCUT2D eigenvalue weighted by molar-refractivity contribution is -0.117. The lowest BCUT2D eigenvalue weighted by Crippen LogP contribution is -2.05. The molecular formula is C12H12Cl2OS. The minimum Gasteiger partial charge on any atom is -0.298 e. The first kappa shape index (κ1) is 12.3. The standard InChI is InChI=1S/C12H12Cl2OS/c1-7-12(15)6-9(16-7)4-8-2-3-10(13)11(14)5-8/h2-3,5,7,9H,4,6H2,1H3. The van der Waals surface area contributed by atoms with Crippen LogP contribution in [0.3, 0.4) is 0 Å². The molecule has 0 radical (unpaired) electrons. The third-order valence-corrected chi connectivity index (χ3v) is 4.85. The van der Waals surface area contributed by atoms with Crippen molar-refractivity contribution in [3.63, 3.8) is 0 Å². The van der Waals surface area contributed by atoms with Crippen molar-refractivity contribution in [2.24, 2.45) is 0 Å². The van der Waals surface area contributed by atoms with E-state index in [1.54, 1.807) is 11.8 Å². The smallest absolute Gasteiger partial charge is 0.146 e. The summed E-state index contributed by atoms with van der Waals surface area (Å²) in [4.78, 5) is 11.4. The lowest BCUT2D eigenvalue weighted by atomic mass is 10.1. The Morgan fingerprint density at radius 3 is 2.69 bits per heavy atom. The molecule has 0 spiro atoms. The summed E-state index contributed by atoms with van der Waals surface area (Å²) in [6.07, 6.45) is 1.56. The van der Waals surface area contributed by atoms with Gasteiger partial charge in [-0.15, -0.1) is 11.8 Å². The molecule has 2 rings (SSSR count). The average Bonchev–Trinajstić information content (AvgIpc) is 2.52. The van der Waals surface area contributed by atoms with Crippen LogP contribution in [0.25, 0.3) is 0 Å². The van der Waals surface area contributed by atoms with Gasteiger partial charge in [-0.3, -0.25) is 4.79 Å². The molecule has 1 fully saturated rings. The van der Waals surface area contributed by atoms with Gasteiger partial charge in [-0.25, -0.2) is 0 Å². The normalized spacial score (nSPS) is 25.1. The van der Waals surface area contributed by atoms with Crippen molar-refractivity contribution < 1.29 is 4.79 Å². The van der Waals surface area contributed by atoms with E-state index in [0.717, 1.165) is 12.0 Å². The highest BCUT2D eigenvalue weighted by atomic mass is 35.5. The zero-order chi connectivity index (χ0) is 11.7. The van der Waals surface area contributed by atoms with Crippen molar-refractivity contribution in [3.8, 4) is 0 Å². The summed E-state index contributed by atoms with van der Waals surface area (Å²) < 4.78 is 0. The first-order valence-electron chi connectivity index (χ1n) is 5.18. The van der Waals surface area contributed by atoms with Crippen molar-refractivity contribution in [2.75, 3.05) is 0 Å². The van der Waals surface area contributed by atoms with Crippen molar-refractivity contribution in [2.45, 2.75) is 30.3 Å². The molecule has 0 saturated carbocycles. The quantitative estimate of drug-likeness (QED) is 0.811. The average molecular weight is 275 g/mol. The van der Waals surface area contributed by atoms with Crippen LogP contribution in [-0.4, -0.2) is 16.3 Å². The zero-order valence-corrected chi connectivity index (χ0v) is 11.2. The highest BCUT2D eigenvalue weighted by Crippen LogP contribution is 2.33. The van der Waals surface area contributed by atoms with Crippen molar-refractivity contribution >= 4 is 40.7 Å². The third-order valence-electron chi connectivity index (χ3n) is 2.73. The Bertz CT molecular complexity index is 419. The Balaban J connectivity index is 2.05. The van der Waals surface area contributed by atoms with E-state index in [9.17, 15) is 4.79 Å². The molecule has 2 atom stereocenters. The number of hydrogen-bond acceptors (Lipinski definition) is 2. The summed E-state index contributed by atoms with van der Waals surface area (Å²) in [5, 5.41) is 1.70. The van der Waals surface area contributed by atoms with E-state index >= 15 is 0 Å². The van der Waals surface area contributed by atoms with Gasteiger partial charge in [0.1, 0.15) is 5.78 Å². The number of carbonyl (C=O) groups is 1. The molecule has 16 heavy (non-hydrogen) atoms. The number of halogens is 2. The lowest BCUT2D eigenvalue weighted by Gasteiger charge is -2.08. The van der Waals surface area contributed by atoms with Gasteiger partial charge in [-0.1, -0.05) is 29.3 Å². The number of benzene rings is 1. The maximum atomic E-state index is 11.4. The fourth-order valence-corrected chi connectivity index (χ4v) is 3.55. The fourth-order valence-electron chi connectivity index (χ4n) is 1.85. The first-order valence-corrected chi connectivity index (χ1v) is 6.88. The summed E-state index contributed by atoms with van der Waals surface area (Å²) in [6, 6.07) is 5.67. The number of rotatable bonds is 2. The van der Waals surface area contributed by atoms with Gasteiger partial charge in [0, 0.05) is 11.7 Å². The largest absolute Gasteiger partial charge is 0.298 e. The summed E-state index contributed by atoms with van der Waals surface area (Å²) in [5.74, 6) is 0.357. The minimum absolute atomic E-state index is 0.146. The van der Waals surface area contributed by atoms with Crippen LogP contribution in [0.2, 0.25) is 10.0 Å². The van der Waals surface area contributed by atoms with Crippen molar-refractivity contribution in [1.29, 1.82) is 0 Å². The molecule has 1 nitrogen and oxygen atoms in total. The highest BCUT2D eigenvalue weighted by molar-refractivity contribution is 8.01. The molecule has 0 N–H and O–H groups in total. The van der Waals surface area contributed by atoms with Crippen LogP contribution in [0, 0.1) is 0 Å². The van der Waals surface area contributed by atoms with E-state index in [2.05, 4.69) is 0 Å². The Labute approximate surface area is 110 Å². The Kier molecular flexibility index (Phi) is 3.83. The SMILES string of the molecule is CC1SC(Cc2ccc(Cl)c(Cl)c2)CC1=O. The molecule has 0 bridgehead atoms. The van der Waals surface area contributed by atoms with Gasteiger partial charge in [0.05, 0.1) is 15.3 Å². The number of hydrogen-bond donors (Lipinski definition) is 0. The maximum Gasteiger partial charge on any atom is 0.146 e. The van der Waals surface area contributed by atoms with Gasteiger partial charge in [0.15, 0.2) is 0 Å². The predicted octanol–water partition coefficient (Wildman–Crippen LogP) is 4.00. The van der Waals surface area contributed by atoms with Crippen LogP contribution < -0.4 is 0 Å². The van der Waals surface area contributed by atoms with Crippen LogP contribution in [0.1, 0.15) is 18.9 Å². The molecule has 0 aromatic heterocycles. The second-order valence-corrected chi connectivity index (χ2v) is 6.48. The van der Waals surface area contributed by atoms with E-state index < -0.39 is 0 Å². The molecule has 1 saturated heterocycles. The molecule has 0 aliphatic carbocycles. The van der Waals surface area contributed by atoms with Gasteiger partial charge < -0.3 is 0 Å². The number of thioether (sulfide) groups is 1. The molecule has 2 unspecified atom stereocenters. The summed E-state index contributed by atoms with van der Waals surface area (Å²) >= 11 is 13.6. The molecule has 1 heterocycles. The second-order valence-electron chi connectivity index (χ2n) is 4.02. The fraction of sp³-hybridized carbons (Fsp3) is 0.417. The van der Waals surface area contributed by atoms with Crippen LogP contribution in [0.5, 0.6) is 0 Å². The van der Waals surface area contributed by atoms with Crippen LogP contribution in [0.15, 0.2) is 18.2 Å². The van der Waals surface area contributed by atoms with Crippen molar-refractivity contribution in [3.05, 3.63) is 33.8 Å². The van der Waals surface area contributed by atoms with E-state index in [1.807, 2.05) is 25.1 Å². The molecule has 86 valence electrons. The third kappa shape index (κ3) is 2.73. The van der Waals surface area contributed by atoms with Crippen LogP contribution in [-0.2, 0) is 11.2 Å². The molecule has 1 aliphatic rings. The summed E-state index contributed by atoms with van der Waals surface area (Å²) in [6.45, 7) is 1.97. The Morgan fingerprint density at radius 2 is 2.12 bits per heavy atom. The van der Waals surface area contributed by atoms with E-state index in [4.69, 9.17) is 23.2 Å². The molecule has 1 aliphatic heterocycles. The molecule has 1 aromatic rings. The maximum absolute atomic E-state index is 11.4. The molecule has 0 amide bonds. The van der Waals surface area contributed by atoms with Gasteiger partial charge in [-0.05, 0) is 31.0 Å². The van der Waals surface area contributed by atoms with Crippen LogP contribution in [0.4, 0.5) is 0 Å². The summed E-state index contributed by atoms with van der Waals surface area (Å²) in [7, 11) is 0. The second kappa shape index (κ2) is 4.99. The van der Waals surface area contributed by atoms with Crippen molar-refractivity contribution in [1.82, 2.24) is 0 Å². The molecule has 4 heteroatoms. The number of carbonyl (C=O) groups excluding carboxylic acids is 1. The minimum atomic E-state index is 0.146. The zero-order valence-electron chi connectivity index (χ0n) is 8.87. The monoisotopic (exact) mass is 274 g/mol. The molecular weight excluding hydrogens is 263 g/mol. The van der Waals surface area contributed by atoms with E-state index in [0.29, 0.717) is 27.5 Å². The molecule has 1 aromatic carbocycles. The predicted molar refractivity (Wildman–Crippen MR) is 70.6 cm³/mol. The topological polar surface area (TPSA) is 17.1 Å². The van der Waals surface area contributed by atoms with Gasteiger partial charge in [-0.2, -0.15) is 0 Å². The van der Waals surface area contributed by atoms with Gasteiger partial charge >= 0.3 is 0 Å². The van der Waals surface area contributed by atoms with E-state index in [-0.39, 0.29) is 5.25 Å². The van der Waals surface area contributed by atoms with Gasteiger partial charge in [0.2, 0.25) is 0 Å². The van der Waals surface area contributed by atoms with Gasteiger partial charge in [0.25, 0.3) is 0 Å². The van der Waals surface area contributed by atoms with E-state index in [1.165, 1.54) is 0 Å². The van der Waals surface area contributed by atoms with Crippen LogP contribution >= 0.6 is 35.0 Å². The highest BCUT2D eigenvalue weighted by Gasteiger charge is 2.29.